The van der Waals surface area contributed by atoms with E-state index in [1.807, 2.05) is 0 Å². The van der Waals surface area contributed by atoms with Crippen LogP contribution in [0.1, 0.15) is 31.8 Å². The number of carbonyl (C=O) groups is 3. The topological polar surface area (TPSA) is 105 Å². The average molecular weight is 440 g/mol. The maximum atomic E-state index is 13.1. The first-order valence-corrected chi connectivity index (χ1v) is 9.90. The molecule has 9 nitrogen and oxygen atoms in total. The minimum absolute atomic E-state index is 0.0642. The summed E-state index contributed by atoms with van der Waals surface area (Å²) >= 11 is 0. The summed E-state index contributed by atoms with van der Waals surface area (Å²) in [6, 6.07) is -1.32. The van der Waals surface area contributed by atoms with Crippen LogP contribution in [0.4, 0.5) is 0 Å². The lowest BCUT2D eigenvalue weighted by Crippen LogP contribution is -2.52. The smallest absolute Gasteiger partial charge is 0.295 e. The first kappa shape index (κ1) is 16.8. The van der Waals surface area contributed by atoms with E-state index >= 15 is 0 Å². The van der Waals surface area contributed by atoms with Crippen LogP contribution >= 0.6 is 0 Å². The molecule has 0 saturated carbocycles. The molecule has 2 amide bonds. The molecule has 0 unspecified atom stereocenters. The molecular formula is C23H24N4O5. The molecule has 0 radical (unpaired) electrons. The second kappa shape index (κ2) is 8.70. The minimum atomic E-state index is -0.759. The molecular weight excluding hydrogens is 412 g/mol. The van der Waals surface area contributed by atoms with Gasteiger partial charge in [-0.3, -0.25) is 14.4 Å². The highest BCUT2D eigenvalue weighted by atomic mass is 16.5. The number of aromatic nitrogens is 2. The number of piperazine rings is 1. The van der Waals surface area contributed by atoms with Crippen LogP contribution in [0, 0.1) is 6.92 Å². The molecule has 1 aliphatic heterocycles. The molecule has 3 aromatic rings. The van der Waals surface area contributed by atoms with Crippen molar-refractivity contribution in [2.45, 2.75) is 6.92 Å². The van der Waals surface area contributed by atoms with Gasteiger partial charge in [0, 0.05) is 37.9 Å². The second-order valence-electron chi connectivity index (χ2n) is 7.20. The Balaban J connectivity index is 1.52. The Morgan fingerprint density at radius 1 is 1.03 bits per heavy atom. The van der Waals surface area contributed by atoms with Gasteiger partial charge in [0.25, 0.3) is 17.6 Å². The van der Waals surface area contributed by atoms with E-state index in [2.05, 4.69) is 9.97 Å². The van der Waals surface area contributed by atoms with E-state index < -0.39 is 29.7 Å². The van der Waals surface area contributed by atoms with E-state index in [1.54, 1.807) is 0 Å². The summed E-state index contributed by atoms with van der Waals surface area (Å²) in [5, 5.41) is 0.374. The van der Waals surface area contributed by atoms with Crippen molar-refractivity contribution in [1.82, 2.24) is 19.8 Å². The van der Waals surface area contributed by atoms with Crippen molar-refractivity contribution in [3.8, 4) is 11.6 Å². The molecule has 3 heterocycles. The van der Waals surface area contributed by atoms with Crippen LogP contribution in [0.2, 0.25) is 0 Å². The van der Waals surface area contributed by atoms with Gasteiger partial charge in [-0.1, -0.05) is 17.6 Å². The number of H-pyrrole nitrogens is 1. The fraction of sp³-hybridized carbons (Fsp3) is 0.304. The molecule has 1 N–H and O–H groups in total. The minimum Gasteiger partial charge on any atom is -0.494 e. The normalized spacial score (nSPS) is 15.6. The lowest BCUT2D eigenvalue weighted by molar-refractivity contribution is -0.127. The predicted molar refractivity (Wildman–Crippen MR) is 117 cm³/mol. The van der Waals surface area contributed by atoms with Gasteiger partial charge in [-0.2, -0.15) is 0 Å². The molecule has 0 bridgehead atoms. The molecule has 32 heavy (non-hydrogen) atoms. The number of aromatic amines is 1. The Kier molecular flexibility index (Phi) is 4.56. The third-order valence-electron chi connectivity index (χ3n) is 5.31. The molecule has 166 valence electrons. The SMILES string of the molecule is [2H]c1c([2H])c(C(=O)N2CCN(C(=O)C(=O)c3c[nH]c4c(OC)ncc(OC)c34)CC2)c([2H])c([2H])c1C. The summed E-state index contributed by atoms with van der Waals surface area (Å²) < 4.78 is 42.7. The highest BCUT2D eigenvalue weighted by molar-refractivity contribution is 6.45. The monoisotopic (exact) mass is 440 g/mol. The maximum Gasteiger partial charge on any atom is 0.295 e. The average Bonchev–Trinajstić information content (AvgIpc) is 3.35. The van der Waals surface area contributed by atoms with Crippen molar-refractivity contribution < 1.29 is 29.3 Å². The van der Waals surface area contributed by atoms with Gasteiger partial charge >= 0.3 is 0 Å². The van der Waals surface area contributed by atoms with Gasteiger partial charge in [0.05, 0.1) is 36.8 Å². The van der Waals surface area contributed by atoms with Crippen molar-refractivity contribution in [2.24, 2.45) is 0 Å². The third-order valence-corrected chi connectivity index (χ3v) is 5.31. The number of carbonyl (C=O) groups excluding carboxylic acids is 3. The first-order valence-electron chi connectivity index (χ1n) is 11.9. The molecule has 9 heteroatoms. The summed E-state index contributed by atoms with van der Waals surface area (Å²) in [5.74, 6) is -1.61. The number of ether oxygens (including phenoxy) is 2. The summed E-state index contributed by atoms with van der Waals surface area (Å²) in [4.78, 5) is 48.9. The summed E-state index contributed by atoms with van der Waals surface area (Å²) in [5.41, 5.74) is 0.383. The molecule has 0 spiro atoms. The van der Waals surface area contributed by atoms with E-state index in [-0.39, 0.29) is 60.8 Å². The van der Waals surface area contributed by atoms with Crippen molar-refractivity contribution in [3.05, 3.63) is 53.3 Å². The quantitative estimate of drug-likeness (QED) is 0.481. The number of rotatable bonds is 5. The first-order chi connectivity index (χ1) is 17.1. The van der Waals surface area contributed by atoms with Gasteiger partial charge in [-0.05, 0) is 19.0 Å². The number of fused-ring (bicyclic) bond motifs is 1. The van der Waals surface area contributed by atoms with Gasteiger partial charge < -0.3 is 24.3 Å². The highest BCUT2D eigenvalue weighted by Crippen LogP contribution is 2.33. The molecule has 0 atom stereocenters. The lowest BCUT2D eigenvalue weighted by Gasteiger charge is -2.34. The van der Waals surface area contributed by atoms with E-state index in [1.165, 1.54) is 43.3 Å². The van der Waals surface area contributed by atoms with Gasteiger partial charge in [0.15, 0.2) is 0 Å². The Hall–Kier alpha value is -3.88. The van der Waals surface area contributed by atoms with Crippen molar-refractivity contribution in [2.75, 3.05) is 40.4 Å². The lowest BCUT2D eigenvalue weighted by atomic mass is 10.1. The standard InChI is InChI=1S/C23H24N4O5/c1-14-4-6-15(7-5-14)22(29)26-8-10-27(11-9-26)23(30)20(28)16-12-24-19-18(16)17(31-2)13-25-21(19)32-3/h4-7,12-13,24H,8-11H2,1-3H3/i4D,5D,6D,7D. The Bertz CT molecular complexity index is 1370. The molecule has 4 rings (SSSR count). The number of methoxy groups -OCH3 is 2. The second-order valence-corrected chi connectivity index (χ2v) is 7.20. The number of hydrogen-bond acceptors (Lipinski definition) is 6. The molecule has 2 aromatic heterocycles. The van der Waals surface area contributed by atoms with Gasteiger partial charge in [-0.25, -0.2) is 4.98 Å². The van der Waals surface area contributed by atoms with E-state index in [0.717, 1.165) is 0 Å². The van der Waals surface area contributed by atoms with E-state index in [9.17, 15) is 14.4 Å². The zero-order valence-corrected chi connectivity index (χ0v) is 17.9. The van der Waals surface area contributed by atoms with E-state index in [4.69, 9.17) is 15.0 Å². The molecule has 1 saturated heterocycles. The fourth-order valence-corrected chi connectivity index (χ4v) is 3.59. The number of ketones is 1. The summed E-state index contributed by atoms with van der Waals surface area (Å²) in [6.07, 6.45) is 2.80. The predicted octanol–water partition coefficient (Wildman–Crippen LogP) is 2.06. The highest BCUT2D eigenvalue weighted by Gasteiger charge is 2.31. The van der Waals surface area contributed by atoms with Crippen LogP contribution in [0.25, 0.3) is 10.9 Å². The van der Waals surface area contributed by atoms with Crippen molar-refractivity contribution >= 4 is 28.5 Å². The van der Waals surface area contributed by atoms with Crippen LogP contribution in [0.5, 0.6) is 11.6 Å². The summed E-state index contributed by atoms with van der Waals surface area (Å²) in [6.45, 7) is 1.73. The van der Waals surface area contributed by atoms with E-state index in [0.29, 0.717) is 16.7 Å². The van der Waals surface area contributed by atoms with Crippen LogP contribution in [0.3, 0.4) is 0 Å². The van der Waals surface area contributed by atoms with Gasteiger partial charge in [0.2, 0.25) is 5.88 Å². The van der Waals surface area contributed by atoms with Gasteiger partial charge in [0.1, 0.15) is 11.3 Å². The summed E-state index contributed by atoms with van der Waals surface area (Å²) in [7, 11) is 2.86. The number of amides is 2. The largest absolute Gasteiger partial charge is 0.494 e. The van der Waals surface area contributed by atoms with Crippen molar-refractivity contribution in [1.29, 1.82) is 0 Å². The molecule has 1 fully saturated rings. The maximum absolute atomic E-state index is 13.1. The Morgan fingerprint density at radius 2 is 1.69 bits per heavy atom. The Labute approximate surface area is 190 Å². The molecule has 1 aromatic carbocycles. The number of nitrogens with zero attached hydrogens (tertiary/aromatic N) is 3. The zero-order valence-electron chi connectivity index (χ0n) is 21.9. The number of hydrogen-bond donors (Lipinski definition) is 1. The fourth-order valence-electron chi connectivity index (χ4n) is 3.59. The third kappa shape index (κ3) is 3.77. The molecule has 0 aliphatic carbocycles. The number of Topliss-reactive ketones (excluding diaryl/α,β-unsaturated/α-hetero) is 1. The number of benzene rings is 1. The van der Waals surface area contributed by atoms with Gasteiger partial charge in [-0.15, -0.1) is 0 Å². The molecule has 1 aliphatic rings. The van der Waals surface area contributed by atoms with Crippen LogP contribution in [-0.2, 0) is 4.79 Å². The zero-order chi connectivity index (χ0) is 26.3. The number of pyridine rings is 1. The van der Waals surface area contributed by atoms with Crippen LogP contribution < -0.4 is 9.47 Å². The van der Waals surface area contributed by atoms with Crippen LogP contribution in [0.15, 0.2) is 36.6 Å². The number of nitrogens with one attached hydrogen (secondary N) is 1. The van der Waals surface area contributed by atoms with Crippen LogP contribution in [-0.4, -0.2) is 77.8 Å². The Morgan fingerprint density at radius 3 is 2.31 bits per heavy atom. The van der Waals surface area contributed by atoms with Crippen molar-refractivity contribution in [3.63, 3.8) is 0 Å².